The van der Waals surface area contributed by atoms with E-state index in [1.807, 2.05) is 14.0 Å². The number of aryl methyl sites for hydroxylation is 1. The third-order valence-corrected chi connectivity index (χ3v) is 4.43. The molecule has 0 bridgehead atoms. The van der Waals surface area contributed by atoms with Crippen molar-refractivity contribution in [2.45, 2.75) is 38.8 Å². The molecule has 0 spiro atoms. The minimum atomic E-state index is -0.205. The van der Waals surface area contributed by atoms with Crippen LogP contribution in [0.3, 0.4) is 0 Å². The molecule has 1 aromatic heterocycles. The third-order valence-electron chi connectivity index (χ3n) is 4.08. The van der Waals surface area contributed by atoms with Crippen LogP contribution in [-0.2, 0) is 6.54 Å². The Morgan fingerprint density at radius 3 is 2.63 bits per heavy atom. The molecule has 0 aliphatic carbocycles. The quantitative estimate of drug-likeness (QED) is 0.914. The number of rotatable bonds is 3. The van der Waals surface area contributed by atoms with Gasteiger partial charge in [0.1, 0.15) is 5.02 Å². The predicted octanol–water partition coefficient (Wildman–Crippen LogP) is 1.49. The zero-order valence-electron chi connectivity index (χ0n) is 11.7. The first-order valence-electron chi connectivity index (χ1n) is 6.70. The Hall–Kier alpha value is -1.07. The van der Waals surface area contributed by atoms with Gasteiger partial charge in [0.2, 0.25) is 0 Å². The van der Waals surface area contributed by atoms with E-state index in [1.165, 1.54) is 4.68 Å². The van der Waals surface area contributed by atoms with Gasteiger partial charge in [-0.1, -0.05) is 11.6 Å². The maximum atomic E-state index is 12.0. The van der Waals surface area contributed by atoms with Crippen molar-refractivity contribution in [2.24, 2.45) is 0 Å². The lowest BCUT2D eigenvalue weighted by atomic mass is 9.90. The van der Waals surface area contributed by atoms with E-state index in [2.05, 4.69) is 22.2 Å². The van der Waals surface area contributed by atoms with Crippen molar-refractivity contribution in [1.29, 1.82) is 0 Å². The van der Waals surface area contributed by atoms with Crippen LogP contribution >= 0.6 is 11.6 Å². The second-order valence-corrected chi connectivity index (χ2v) is 5.64. The summed E-state index contributed by atoms with van der Waals surface area (Å²) in [5.74, 6) is 0. The summed E-state index contributed by atoms with van der Waals surface area (Å²) in [5, 5.41) is 7.79. The number of halogens is 1. The highest BCUT2D eigenvalue weighted by Crippen LogP contribution is 2.28. The third kappa shape index (κ3) is 2.77. The molecular weight excluding hydrogens is 264 g/mol. The highest BCUT2D eigenvalue weighted by atomic mass is 35.5. The van der Waals surface area contributed by atoms with Crippen molar-refractivity contribution in [3.63, 3.8) is 0 Å². The number of hydrogen-bond donors (Lipinski definition) is 1. The van der Waals surface area contributed by atoms with Crippen LogP contribution in [0.4, 0.5) is 5.69 Å². The number of aromatic nitrogens is 2. The van der Waals surface area contributed by atoms with Crippen LogP contribution in [0.1, 0.15) is 26.7 Å². The van der Waals surface area contributed by atoms with Gasteiger partial charge in [-0.25, -0.2) is 4.68 Å². The van der Waals surface area contributed by atoms with Gasteiger partial charge in [0, 0.05) is 25.2 Å². The smallest absolute Gasteiger partial charge is 0.287 e. The number of nitrogens with one attached hydrogen (secondary N) is 1. The summed E-state index contributed by atoms with van der Waals surface area (Å²) in [6.07, 6.45) is 3.75. The summed E-state index contributed by atoms with van der Waals surface area (Å²) < 4.78 is 1.38. The zero-order valence-corrected chi connectivity index (χ0v) is 12.5. The summed E-state index contributed by atoms with van der Waals surface area (Å²) in [6.45, 7) is 6.40. The molecule has 1 aromatic rings. The van der Waals surface area contributed by atoms with Crippen LogP contribution in [0.2, 0.25) is 5.02 Å². The van der Waals surface area contributed by atoms with Gasteiger partial charge >= 0.3 is 0 Å². The largest absolute Gasteiger partial charge is 0.369 e. The Bertz CT molecular complexity index is 506. The molecule has 6 heteroatoms. The van der Waals surface area contributed by atoms with Crippen molar-refractivity contribution >= 4 is 17.3 Å². The first-order chi connectivity index (χ1) is 9.00. The van der Waals surface area contributed by atoms with Crippen LogP contribution in [0.15, 0.2) is 11.0 Å². The SMILES string of the molecule is CCn1ncc(N2CCC(C)(NC)CC2)c(Cl)c1=O. The molecule has 1 saturated heterocycles. The average molecular weight is 285 g/mol. The molecule has 2 heterocycles. The van der Waals surface area contributed by atoms with Crippen molar-refractivity contribution < 1.29 is 0 Å². The van der Waals surface area contributed by atoms with Crippen LogP contribution in [0, 0.1) is 0 Å². The molecule has 1 N–H and O–H groups in total. The molecule has 2 rings (SSSR count). The zero-order chi connectivity index (χ0) is 14.0. The van der Waals surface area contributed by atoms with Crippen molar-refractivity contribution in [3.05, 3.63) is 21.6 Å². The monoisotopic (exact) mass is 284 g/mol. The van der Waals surface area contributed by atoms with Gasteiger partial charge in [-0.2, -0.15) is 5.10 Å². The van der Waals surface area contributed by atoms with Gasteiger partial charge in [0.15, 0.2) is 0 Å². The molecule has 1 aliphatic rings. The summed E-state index contributed by atoms with van der Waals surface area (Å²) in [6, 6.07) is 0. The number of anilines is 1. The van der Waals surface area contributed by atoms with Gasteiger partial charge in [-0.15, -0.1) is 0 Å². The van der Waals surface area contributed by atoms with Gasteiger partial charge < -0.3 is 10.2 Å². The molecule has 1 fully saturated rings. The fourth-order valence-corrected chi connectivity index (χ4v) is 2.66. The Balaban J connectivity index is 2.21. The Morgan fingerprint density at radius 2 is 2.11 bits per heavy atom. The molecular formula is C13H21ClN4O. The maximum Gasteiger partial charge on any atom is 0.287 e. The molecule has 1 aliphatic heterocycles. The molecule has 19 heavy (non-hydrogen) atoms. The minimum absolute atomic E-state index is 0.175. The Kier molecular flexibility index (Phi) is 4.16. The summed E-state index contributed by atoms with van der Waals surface area (Å²) in [5.41, 5.74) is 0.729. The highest BCUT2D eigenvalue weighted by Gasteiger charge is 2.29. The van der Waals surface area contributed by atoms with Crippen LogP contribution in [-0.4, -0.2) is 35.5 Å². The van der Waals surface area contributed by atoms with Crippen molar-refractivity contribution in [2.75, 3.05) is 25.0 Å². The lowest BCUT2D eigenvalue weighted by Gasteiger charge is -2.40. The molecule has 5 nitrogen and oxygen atoms in total. The molecule has 0 amide bonds. The lowest BCUT2D eigenvalue weighted by molar-refractivity contribution is 0.305. The Morgan fingerprint density at radius 1 is 1.47 bits per heavy atom. The number of hydrogen-bond acceptors (Lipinski definition) is 4. The summed E-state index contributed by atoms with van der Waals surface area (Å²) >= 11 is 6.18. The average Bonchev–Trinajstić information content (AvgIpc) is 2.43. The van der Waals surface area contributed by atoms with E-state index < -0.39 is 0 Å². The fraction of sp³-hybridized carbons (Fsp3) is 0.692. The predicted molar refractivity (Wildman–Crippen MR) is 78.1 cm³/mol. The van der Waals surface area contributed by atoms with Crippen LogP contribution in [0.25, 0.3) is 0 Å². The molecule has 0 unspecified atom stereocenters. The van der Waals surface area contributed by atoms with E-state index in [9.17, 15) is 4.79 Å². The molecule has 0 radical (unpaired) electrons. The van der Waals surface area contributed by atoms with Crippen molar-refractivity contribution in [3.8, 4) is 0 Å². The second-order valence-electron chi connectivity index (χ2n) is 5.26. The van der Waals surface area contributed by atoms with Gasteiger partial charge in [-0.3, -0.25) is 4.79 Å². The van der Waals surface area contributed by atoms with Gasteiger partial charge in [0.05, 0.1) is 11.9 Å². The number of nitrogens with zero attached hydrogens (tertiary/aromatic N) is 3. The number of piperidine rings is 1. The maximum absolute atomic E-state index is 12.0. The molecule has 0 atom stereocenters. The van der Waals surface area contributed by atoms with E-state index >= 15 is 0 Å². The van der Waals surface area contributed by atoms with Crippen LogP contribution < -0.4 is 15.8 Å². The Labute approximate surface area is 118 Å². The van der Waals surface area contributed by atoms with E-state index in [0.717, 1.165) is 31.6 Å². The van der Waals surface area contributed by atoms with Gasteiger partial charge in [-0.05, 0) is 33.7 Å². The second kappa shape index (κ2) is 5.51. The molecule has 0 aromatic carbocycles. The molecule has 0 saturated carbocycles. The van der Waals surface area contributed by atoms with E-state index in [4.69, 9.17) is 11.6 Å². The van der Waals surface area contributed by atoms with E-state index in [1.54, 1.807) is 6.20 Å². The van der Waals surface area contributed by atoms with Gasteiger partial charge in [0.25, 0.3) is 5.56 Å². The summed E-state index contributed by atoms with van der Waals surface area (Å²) in [4.78, 5) is 14.1. The lowest BCUT2D eigenvalue weighted by Crippen LogP contribution is -2.50. The first-order valence-corrected chi connectivity index (χ1v) is 7.08. The molecule has 106 valence electrons. The normalized spacial score (nSPS) is 18.6. The topological polar surface area (TPSA) is 50.2 Å². The fourth-order valence-electron chi connectivity index (χ4n) is 2.39. The van der Waals surface area contributed by atoms with E-state index in [-0.39, 0.29) is 16.1 Å². The standard InChI is InChI=1S/C13H21ClN4O/c1-4-18-12(19)11(14)10(9-16-18)17-7-5-13(2,15-3)6-8-17/h9,15H,4-8H2,1-3H3. The first kappa shape index (κ1) is 14.3. The highest BCUT2D eigenvalue weighted by molar-refractivity contribution is 6.33. The van der Waals surface area contributed by atoms with Crippen LogP contribution in [0.5, 0.6) is 0 Å². The van der Waals surface area contributed by atoms with E-state index in [0.29, 0.717) is 6.54 Å². The van der Waals surface area contributed by atoms with Crippen molar-refractivity contribution in [1.82, 2.24) is 15.1 Å². The summed E-state index contributed by atoms with van der Waals surface area (Å²) in [7, 11) is 1.99. The minimum Gasteiger partial charge on any atom is -0.369 e.